The minimum absolute atomic E-state index is 0.0534. The Bertz CT molecular complexity index is 384. The minimum Gasteiger partial charge on any atom is -0.382 e. The number of nitrogens with one attached hydrogen (secondary N) is 1. The van der Waals surface area contributed by atoms with Crippen molar-refractivity contribution in [3.8, 4) is 0 Å². The van der Waals surface area contributed by atoms with Gasteiger partial charge in [-0.15, -0.1) is 0 Å². The topological polar surface area (TPSA) is 47.6 Å². The first-order valence-electron chi connectivity index (χ1n) is 5.75. The van der Waals surface area contributed by atoms with Crippen LogP contribution in [-0.4, -0.2) is 32.8 Å². The molecule has 0 bridgehead atoms. The number of hydrogen-bond acceptors (Lipinski definition) is 3. The number of benzene rings is 1. The van der Waals surface area contributed by atoms with Crippen LogP contribution in [0, 0.1) is 5.82 Å². The van der Waals surface area contributed by atoms with Crippen molar-refractivity contribution < 1.29 is 18.7 Å². The predicted octanol–water partition coefficient (Wildman–Crippen LogP) is 1.67. The number of halogens is 1. The van der Waals surface area contributed by atoms with E-state index in [0.717, 1.165) is 0 Å². The van der Waals surface area contributed by atoms with Gasteiger partial charge in [0.25, 0.3) is 0 Å². The second-order valence-corrected chi connectivity index (χ2v) is 3.86. The van der Waals surface area contributed by atoms with Crippen LogP contribution in [0.3, 0.4) is 0 Å². The molecule has 0 aromatic heterocycles. The van der Waals surface area contributed by atoms with Gasteiger partial charge in [0.1, 0.15) is 12.4 Å². The summed E-state index contributed by atoms with van der Waals surface area (Å²) >= 11 is 0. The highest BCUT2D eigenvalue weighted by atomic mass is 19.1. The predicted molar refractivity (Wildman–Crippen MR) is 65.7 cm³/mol. The van der Waals surface area contributed by atoms with Gasteiger partial charge in [-0.1, -0.05) is 18.2 Å². The molecule has 1 rings (SSSR count). The van der Waals surface area contributed by atoms with Gasteiger partial charge in [0.05, 0.1) is 19.3 Å². The number of methoxy groups -OCH3 is 1. The largest absolute Gasteiger partial charge is 0.382 e. The Hall–Kier alpha value is -1.46. The molecule has 1 aromatic carbocycles. The molecule has 0 spiro atoms. The third-order valence-corrected chi connectivity index (χ3v) is 2.41. The third-order valence-electron chi connectivity index (χ3n) is 2.41. The van der Waals surface area contributed by atoms with Gasteiger partial charge < -0.3 is 14.8 Å². The van der Waals surface area contributed by atoms with Crippen LogP contribution < -0.4 is 5.32 Å². The number of carbonyl (C=O) groups excluding carboxylic acids is 1. The van der Waals surface area contributed by atoms with E-state index in [-0.39, 0.29) is 24.4 Å². The molecule has 1 atom stereocenters. The Morgan fingerprint density at radius 2 is 2.11 bits per heavy atom. The van der Waals surface area contributed by atoms with Crippen LogP contribution >= 0.6 is 0 Å². The van der Waals surface area contributed by atoms with Gasteiger partial charge in [0, 0.05) is 12.7 Å². The van der Waals surface area contributed by atoms with Crippen molar-refractivity contribution in [1.82, 2.24) is 5.32 Å². The zero-order valence-corrected chi connectivity index (χ0v) is 10.6. The lowest BCUT2D eigenvalue weighted by Crippen LogP contribution is -2.31. The first kappa shape index (κ1) is 14.6. The molecule has 0 radical (unpaired) electrons. The fourth-order valence-electron chi connectivity index (χ4n) is 1.49. The summed E-state index contributed by atoms with van der Waals surface area (Å²) in [6.07, 6.45) is 0. The van der Waals surface area contributed by atoms with Crippen LogP contribution in [0.2, 0.25) is 0 Å². The molecule has 100 valence electrons. The highest BCUT2D eigenvalue weighted by Crippen LogP contribution is 2.15. The van der Waals surface area contributed by atoms with E-state index >= 15 is 0 Å². The number of ether oxygens (including phenoxy) is 2. The molecule has 0 heterocycles. The molecule has 1 N–H and O–H groups in total. The molecule has 4 nitrogen and oxygen atoms in total. The van der Waals surface area contributed by atoms with Crippen molar-refractivity contribution in [2.45, 2.75) is 13.0 Å². The van der Waals surface area contributed by atoms with Crippen molar-refractivity contribution in [3.63, 3.8) is 0 Å². The number of amides is 1. The summed E-state index contributed by atoms with van der Waals surface area (Å²) in [6, 6.07) is 5.97. The summed E-state index contributed by atoms with van der Waals surface area (Å²) in [7, 11) is 1.56. The van der Waals surface area contributed by atoms with E-state index in [2.05, 4.69) is 5.32 Å². The summed E-state index contributed by atoms with van der Waals surface area (Å²) in [5, 5.41) is 2.67. The van der Waals surface area contributed by atoms with Gasteiger partial charge in [0.15, 0.2) is 0 Å². The van der Waals surface area contributed by atoms with E-state index in [1.165, 1.54) is 6.07 Å². The SMILES string of the molecule is COCCOCC(=O)NC(C)c1ccccc1F. The highest BCUT2D eigenvalue weighted by Gasteiger charge is 2.12. The van der Waals surface area contributed by atoms with E-state index in [1.807, 2.05) is 0 Å². The summed E-state index contributed by atoms with van der Waals surface area (Å²) in [5.74, 6) is -0.604. The Morgan fingerprint density at radius 1 is 1.39 bits per heavy atom. The third kappa shape index (κ3) is 4.81. The summed E-state index contributed by atoms with van der Waals surface area (Å²) in [4.78, 5) is 11.5. The molecule has 1 aromatic rings. The summed E-state index contributed by atoms with van der Waals surface area (Å²) in [6.45, 7) is 2.47. The van der Waals surface area contributed by atoms with E-state index < -0.39 is 0 Å². The Kier molecular flexibility index (Phi) is 6.32. The molecule has 0 saturated heterocycles. The maximum atomic E-state index is 13.4. The van der Waals surface area contributed by atoms with Crippen molar-refractivity contribution >= 4 is 5.91 Å². The second kappa shape index (κ2) is 7.79. The molecule has 18 heavy (non-hydrogen) atoms. The first-order chi connectivity index (χ1) is 8.65. The molecule has 0 saturated carbocycles. The number of carbonyl (C=O) groups is 1. The molecule has 0 aliphatic heterocycles. The quantitative estimate of drug-likeness (QED) is 0.754. The monoisotopic (exact) mass is 255 g/mol. The lowest BCUT2D eigenvalue weighted by atomic mass is 10.1. The molecule has 0 aliphatic carbocycles. The van der Waals surface area contributed by atoms with Crippen LogP contribution in [0.15, 0.2) is 24.3 Å². The molecule has 1 unspecified atom stereocenters. The number of rotatable bonds is 7. The molecular weight excluding hydrogens is 237 g/mol. The Balaban J connectivity index is 2.38. The van der Waals surface area contributed by atoms with Gasteiger partial charge >= 0.3 is 0 Å². The van der Waals surface area contributed by atoms with E-state index in [9.17, 15) is 9.18 Å². The normalized spacial score (nSPS) is 12.2. The highest BCUT2D eigenvalue weighted by molar-refractivity contribution is 5.77. The fraction of sp³-hybridized carbons (Fsp3) is 0.462. The van der Waals surface area contributed by atoms with Crippen LogP contribution in [-0.2, 0) is 14.3 Å². The van der Waals surface area contributed by atoms with Crippen LogP contribution in [0.5, 0.6) is 0 Å². The molecule has 0 fully saturated rings. The van der Waals surface area contributed by atoms with Gasteiger partial charge in [-0.2, -0.15) is 0 Å². The standard InChI is InChI=1S/C13H18FNO3/c1-10(11-5-3-4-6-12(11)14)15-13(16)9-18-8-7-17-2/h3-6,10H,7-9H2,1-2H3,(H,15,16). The summed E-state index contributed by atoms with van der Waals surface area (Å²) in [5.41, 5.74) is 0.461. The molecule has 5 heteroatoms. The van der Waals surface area contributed by atoms with Gasteiger partial charge in [-0.05, 0) is 13.0 Å². The van der Waals surface area contributed by atoms with Crippen LogP contribution in [0.4, 0.5) is 4.39 Å². The maximum Gasteiger partial charge on any atom is 0.246 e. The first-order valence-corrected chi connectivity index (χ1v) is 5.75. The average Bonchev–Trinajstić information content (AvgIpc) is 2.35. The minimum atomic E-state index is -0.385. The van der Waals surface area contributed by atoms with Crippen molar-refractivity contribution in [2.24, 2.45) is 0 Å². The smallest absolute Gasteiger partial charge is 0.246 e. The van der Waals surface area contributed by atoms with Crippen molar-refractivity contribution in [3.05, 3.63) is 35.6 Å². The van der Waals surface area contributed by atoms with E-state index in [4.69, 9.17) is 9.47 Å². The lowest BCUT2D eigenvalue weighted by molar-refractivity contribution is -0.126. The van der Waals surface area contributed by atoms with E-state index in [0.29, 0.717) is 18.8 Å². The van der Waals surface area contributed by atoms with Gasteiger partial charge in [-0.25, -0.2) is 4.39 Å². The Labute approximate surface area is 106 Å². The van der Waals surface area contributed by atoms with Crippen LogP contribution in [0.1, 0.15) is 18.5 Å². The zero-order valence-electron chi connectivity index (χ0n) is 10.6. The van der Waals surface area contributed by atoms with Gasteiger partial charge in [0.2, 0.25) is 5.91 Å². The lowest BCUT2D eigenvalue weighted by Gasteiger charge is -2.15. The maximum absolute atomic E-state index is 13.4. The Morgan fingerprint density at radius 3 is 2.78 bits per heavy atom. The molecule has 1 amide bonds. The fourth-order valence-corrected chi connectivity index (χ4v) is 1.49. The van der Waals surface area contributed by atoms with Crippen molar-refractivity contribution in [1.29, 1.82) is 0 Å². The van der Waals surface area contributed by atoms with Gasteiger partial charge in [-0.3, -0.25) is 4.79 Å². The second-order valence-electron chi connectivity index (χ2n) is 3.86. The molecule has 0 aliphatic rings. The molecular formula is C13H18FNO3. The average molecular weight is 255 g/mol. The van der Waals surface area contributed by atoms with E-state index in [1.54, 1.807) is 32.2 Å². The zero-order chi connectivity index (χ0) is 13.4. The van der Waals surface area contributed by atoms with Crippen LogP contribution in [0.25, 0.3) is 0 Å². The summed E-state index contributed by atoms with van der Waals surface area (Å²) < 4.78 is 23.3. The number of hydrogen-bond donors (Lipinski definition) is 1. The van der Waals surface area contributed by atoms with Crippen molar-refractivity contribution in [2.75, 3.05) is 26.9 Å².